The second kappa shape index (κ2) is 6.77. The maximum Gasteiger partial charge on any atom is 0.410 e. The second-order valence-electron chi connectivity index (χ2n) is 6.15. The van der Waals surface area contributed by atoms with Gasteiger partial charge in [0.25, 0.3) is 0 Å². The average Bonchev–Trinajstić information content (AvgIpc) is 2.77. The summed E-state index contributed by atoms with van der Waals surface area (Å²) < 4.78 is 5.41. The summed E-state index contributed by atoms with van der Waals surface area (Å²) in [6.45, 7) is 11.7. The summed E-state index contributed by atoms with van der Waals surface area (Å²) in [6.07, 6.45) is 0.902. The minimum Gasteiger partial charge on any atom is -0.444 e. The highest BCUT2D eigenvalue weighted by atomic mass is 35.5. The summed E-state index contributed by atoms with van der Waals surface area (Å²) >= 11 is 0. The minimum atomic E-state index is -0.399. The number of nitrogens with zero attached hydrogens (tertiary/aromatic N) is 2. The van der Waals surface area contributed by atoms with Crippen LogP contribution in [0.5, 0.6) is 0 Å². The van der Waals surface area contributed by atoms with Gasteiger partial charge < -0.3 is 15.0 Å². The van der Waals surface area contributed by atoms with Crippen LogP contribution in [0.4, 0.5) is 4.79 Å². The Morgan fingerprint density at radius 1 is 1.21 bits per heavy atom. The van der Waals surface area contributed by atoms with Crippen LogP contribution in [0.25, 0.3) is 0 Å². The summed E-state index contributed by atoms with van der Waals surface area (Å²) in [6, 6.07) is 0.514. The Kier molecular flexibility index (Phi) is 5.89. The molecule has 2 aliphatic heterocycles. The van der Waals surface area contributed by atoms with Gasteiger partial charge in [0, 0.05) is 45.3 Å². The summed E-state index contributed by atoms with van der Waals surface area (Å²) in [7, 11) is 0. The standard InChI is InChI=1S/C13H25N3O2.ClH/c1-13(2,3)18-12(17)16-7-4-11(10-16)15-8-5-14-6-9-15;/h11,14H,4-10H2,1-3H3;1H/t11-;/m0./s1. The third kappa shape index (κ3) is 4.82. The van der Waals surface area contributed by atoms with Gasteiger partial charge in [0.15, 0.2) is 0 Å². The zero-order valence-corrected chi connectivity index (χ0v) is 13.0. The van der Waals surface area contributed by atoms with E-state index in [0.717, 1.165) is 45.7 Å². The van der Waals surface area contributed by atoms with E-state index in [1.807, 2.05) is 25.7 Å². The molecule has 0 aromatic carbocycles. The Morgan fingerprint density at radius 2 is 1.84 bits per heavy atom. The first-order valence-electron chi connectivity index (χ1n) is 6.88. The van der Waals surface area contributed by atoms with Crippen molar-refractivity contribution in [2.75, 3.05) is 39.3 Å². The summed E-state index contributed by atoms with van der Waals surface area (Å²) in [5.41, 5.74) is -0.399. The van der Waals surface area contributed by atoms with Crippen LogP contribution < -0.4 is 5.32 Å². The van der Waals surface area contributed by atoms with Crippen LogP contribution in [0, 0.1) is 0 Å². The van der Waals surface area contributed by atoms with E-state index in [1.165, 1.54) is 0 Å². The van der Waals surface area contributed by atoms with Crippen LogP contribution in [-0.4, -0.2) is 66.8 Å². The van der Waals surface area contributed by atoms with Gasteiger partial charge in [0.05, 0.1) is 0 Å². The first kappa shape index (κ1) is 16.5. The Hall–Kier alpha value is -0.520. The average molecular weight is 292 g/mol. The number of piperazine rings is 1. The van der Waals surface area contributed by atoms with Crippen molar-refractivity contribution in [3.05, 3.63) is 0 Å². The van der Waals surface area contributed by atoms with Crippen LogP contribution in [0.2, 0.25) is 0 Å². The molecule has 0 saturated carbocycles. The number of nitrogens with one attached hydrogen (secondary N) is 1. The molecule has 6 heteroatoms. The topological polar surface area (TPSA) is 44.8 Å². The zero-order valence-electron chi connectivity index (χ0n) is 12.1. The molecular formula is C13H26ClN3O2. The quantitative estimate of drug-likeness (QED) is 0.791. The highest BCUT2D eigenvalue weighted by Crippen LogP contribution is 2.19. The van der Waals surface area contributed by atoms with Gasteiger partial charge in [-0.2, -0.15) is 0 Å². The maximum atomic E-state index is 12.0. The Morgan fingerprint density at radius 3 is 2.42 bits per heavy atom. The van der Waals surface area contributed by atoms with Crippen molar-refractivity contribution in [2.45, 2.75) is 38.8 Å². The molecule has 1 N–H and O–H groups in total. The number of hydrogen-bond donors (Lipinski definition) is 1. The van der Waals surface area contributed by atoms with E-state index in [1.54, 1.807) is 0 Å². The predicted octanol–water partition coefficient (Wildman–Crippen LogP) is 1.32. The minimum absolute atomic E-state index is 0. The molecule has 5 nitrogen and oxygen atoms in total. The van der Waals surface area contributed by atoms with Crippen molar-refractivity contribution >= 4 is 18.5 Å². The van der Waals surface area contributed by atoms with Crippen LogP contribution in [0.3, 0.4) is 0 Å². The fraction of sp³-hybridized carbons (Fsp3) is 0.923. The molecule has 2 aliphatic rings. The number of likely N-dealkylation sites (tertiary alicyclic amines) is 1. The number of halogens is 1. The molecule has 19 heavy (non-hydrogen) atoms. The van der Waals surface area contributed by atoms with Crippen molar-refractivity contribution in [1.29, 1.82) is 0 Å². The van der Waals surface area contributed by atoms with E-state index >= 15 is 0 Å². The predicted molar refractivity (Wildman–Crippen MR) is 77.9 cm³/mol. The molecule has 0 bridgehead atoms. The lowest BCUT2D eigenvalue weighted by atomic mass is 10.2. The molecule has 0 unspecified atom stereocenters. The molecule has 1 atom stereocenters. The van der Waals surface area contributed by atoms with Crippen molar-refractivity contribution < 1.29 is 9.53 Å². The lowest BCUT2D eigenvalue weighted by Gasteiger charge is -2.32. The van der Waals surface area contributed by atoms with Gasteiger partial charge in [-0.05, 0) is 27.2 Å². The molecule has 0 spiro atoms. The number of ether oxygens (including phenoxy) is 1. The molecule has 0 aliphatic carbocycles. The van der Waals surface area contributed by atoms with Crippen LogP contribution in [0.1, 0.15) is 27.2 Å². The Labute approximate surface area is 122 Å². The molecule has 1 amide bonds. The highest BCUT2D eigenvalue weighted by Gasteiger charge is 2.32. The van der Waals surface area contributed by atoms with Crippen LogP contribution in [0.15, 0.2) is 0 Å². The van der Waals surface area contributed by atoms with E-state index < -0.39 is 5.60 Å². The molecular weight excluding hydrogens is 266 g/mol. The number of carbonyl (C=O) groups excluding carboxylic acids is 1. The van der Waals surface area contributed by atoms with Crippen molar-refractivity contribution in [1.82, 2.24) is 15.1 Å². The van der Waals surface area contributed by atoms with Crippen LogP contribution in [-0.2, 0) is 4.74 Å². The second-order valence-corrected chi connectivity index (χ2v) is 6.15. The Bertz CT molecular complexity index is 301. The first-order valence-corrected chi connectivity index (χ1v) is 6.88. The van der Waals surface area contributed by atoms with Crippen molar-refractivity contribution in [3.8, 4) is 0 Å². The fourth-order valence-electron chi connectivity index (χ4n) is 2.58. The van der Waals surface area contributed by atoms with Gasteiger partial charge in [-0.1, -0.05) is 0 Å². The first-order chi connectivity index (χ1) is 8.46. The summed E-state index contributed by atoms with van der Waals surface area (Å²) in [5.74, 6) is 0. The Balaban J connectivity index is 0.00000180. The maximum absolute atomic E-state index is 12.0. The van der Waals surface area contributed by atoms with Gasteiger partial charge in [-0.15, -0.1) is 12.4 Å². The van der Waals surface area contributed by atoms with Crippen molar-refractivity contribution in [2.24, 2.45) is 0 Å². The van der Waals surface area contributed by atoms with Gasteiger partial charge in [0.2, 0.25) is 0 Å². The number of amides is 1. The molecule has 2 rings (SSSR count). The lowest BCUT2D eigenvalue weighted by molar-refractivity contribution is 0.0278. The van der Waals surface area contributed by atoms with Gasteiger partial charge in [-0.3, -0.25) is 4.90 Å². The number of hydrogen-bond acceptors (Lipinski definition) is 4. The molecule has 2 saturated heterocycles. The zero-order chi connectivity index (χ0) is 13.2. The lowest BCUT2D eigenvalue weighted by Crippen LogP contribution is -2.49. The molecule has 112 valence electrons. The summed E-state index contributed by atoms with van der Waals surface area (Å²) in [5, 5.41) is 3.36. The van der Waals surface area contributed by atoms with Gasteiger partial charge in [0.1, 0.15) is 5.60 Å². The van der Waals surface area contributed by atoms with E-state index in [0.29, 0.717) is 6.04 Å². The fourth-order valence-corrected chi connectivity index (χ4v) is 2.58. The van der Waals surface area contributed by atoms with E-state index in [2.05, 4.69) is 10.2 Å². The third-order valence-corrected chi connectivity index (χ3v) is 3.48. The largest absolute Gasteiger partial charge is 0.444 e. The van der Waals surface area contributed by atoms with E-state index in [4.69, 9.17) is 4.74 Å². The molecule has 0 radical (unpaired) electrons. The van der Waals surface area contributed by atoms with E-state index in [-0.39, 0.29) is 18.5 Å². The number of rotatable bonds is 1. The monoisotopic (exact) mass is 291 g/mol. The number of carbonyl (C=O) groups is 1. The van der Waals surface area contributed by atoms with Gasteiger partial charge >= 0.3 is 6.09 Å². The highest BCUT2D eigenvalue weighted by molar-refractivity contribution is 5.85. The molecule has 0 aromatic rings. The third-order valence-electron chi connectivity index (χ3n) is 3.48. The molecule has 2 heterocycles. The van der Waals surface area contributed by atoms with E-state index in [9.17, 15) is 4.79 Å². The van der Waals surface area contributed by atoms with Crippen molar-refractivity contribution in [3.63, 3.8) is 0 Å². The van der Waals surface area contributed by atoms with Crippen LogP contribution >= 0.6 is 12.4 Å². The SMILES string of the molecule is CC(C)(C)OC(=O)N1CC[C@H](N2CCNCC2)C1.Cl. The normalized spacial score (nSPS) is 25.0. The molecule has 0 aromatic heterocycles. The molecule has 2 fully saturated rings. The smallest absolute Gasteiger partial charge is 0.410 e. The van der Waals surface area contributed by atoms with Gasteiger partial charge in [-0.25, -0.2) is 4.79 Å². The summed E-state index contributed by atoms with van der Waals surface area (Å²) in [4.78, 5) is 16.3.